The molecule has 156 valence electrons. The van der Waals surface area contributed by atoms with Crippen LogP contribution in [-0.2, 0) is 0 Å². The number of imidazole rings is 1. The van der Waals surface area contributed by atoms with Gasteiger partial charge in [0.05, 0.1) is 29.0 Å². The van der Waals surface area contributed by atoms with E-state index in [1.54, 1.807) is 16.3 Å². The van der Waals surface area contributed by atoms with Crippen LogP contribution in [0.1, 0.15) is 18.7 Å². The summed E-state index contributed by atoms with van der Waals surface area (Å²) in [6.45, 7) is 1.98. The highest BCUT2D eigenvalue weighted by atomic mass is 35.5. The average molecular weight is 452 g/mol. The fraction of sp³-hybridized carbons (Fsp3) is 0.143. The fourth-order valence-corrected chi connectivity index (χ4v) is 4.46. The Kier molecular flexibility index (Phi) is 4.91. The van der Waals surface area contributed by atoms with Crippen molar-refractivity contribution < 1.29 is 0 Å². The lowest BCUT2D eigenvalue weighted by Crippen LogP contribution is -2.30. The Balaban J connectivity index is 1.68. The van der Waals surface area contributed by atoms with Gasteiger partial charge < -0.3 is 10.3 Å². The van der Waals surface area contributed by atoms with Crippen molar-refractivity contribution in [1.29, 1.82) is 0 Å². The third-order valence-corrected chi connectivity index (χ3v) is 6.16. The number of hydrogen-bond acceptors (Lipinski definition) is 6. The molecule has 0 spiro atoms. The molecule has 0 bridgehead atoms. The van der Waals surface area contributed by atoms with Gasteiger partial charge in [-0.1, -0.05) is 29.8 Å². The van der Waals surface area contributed by atoms with Crippen LogP contribution in [0.15, 0.2) is 64.8 Å². The van der Waals surface area contributed by atoms with E-state index in [1.807, 2.05) is 55.8 Å². The minimum atomic E-state index is -0.283. The molecule has 31 heavy (non-hydrogen) atoms. The molecular weight excluding hydrogens is 434 g/mol. The van der Waals surface area contributed by atoms with E-state index < -0.39 is 0 Å². The summed E-state index contributed by atoms with van der Waals surface area (Å²) < 4.78 is 3.04. The van der Waals surface area contributed by atoms with Crippen molar-refractivity contribution in [3.63, 3.8) is 0 Å². The van der Waals surface area contributed by atoms with Gasteiger partial charge in [0.1, 0.15) is 28.6 Å². The van der Waals surface area contributed by atoms with Crippen LogP contribution in [0.2, 0.25) is 5.15 Å². The Morgan fingerprint density at radius 3 is 2.77 bits per heavy atom. The molecule has 4 aromatic heterocycles. The normalized spacial score (nSPS) is 12.5. The number of nitrogens with one attached hydrogen (secondary N) is 2. The number of thioether (sulfide) groups is 1. The van der Waals surface area contributed by atoms with E-state index in [0.29, 0.717) is 11.5 Å². The van der Waals surface area contributed by atoms with Gasteiger partial charge in [-0.15, -0.1) is 11.8 Å². The zero-order chi connectivity index (χ0) is 21.5. The predicted molar refractivity (Wildman–Crippen MR) is 124 cm³/mol. The molecule has 1 atom stereocenters. The molecule has 5 aromatic rings. The lowest BCUT2D eigenvalue weighted by Gasteiger charge is -2.21. The molecule has 5 rings (SSSR count). The third-order valence-electron chi connectivity index (χ3n) is 5.13. The molecule has 1 aromatic carbocycles. The summed E-state index contributed by atoms with van der Waals surface area (Å²) in [5.74, 6) is 0.691. The van der Waals surface area contributed by atoms with Gasteiger partial charge in [0, 0.05) is 17.2 Å². The largest absolute Gasteiger partial charge is 0.361 e. The molecule has 2 N–H and O–H groups in total. The van der Waals surface area contributed by atoms with Gasteiger partial charge >= 0.3 is 5.69 Å². The summed E-state index contributed by atoms with van der Waals surface area (Å²) in [5.41, 5.74) is 2.44. The first-order valence-electron chi connectivity index (χ1n) is 9.55. The van der Waals surface area contributed by atoms with E-state index in [1.165, 1.54) is 16.9 Å². The van der Waals surface area contributed by atoms with E-state index in [-0.39, 0.29) is 16.9 Å². The molecule has 0 radical (unpaired) electrons. The van der Waals surface area contributed by atoms with Crippen LogP contribution in [0, 0.1) is 0 Å². The predicted octanol–water partition coefficient (Wildman–Crippen LogP) is 4.30. The highest BCUT2D eigenvalue weighted by Crippen LogP contribution is 2.32. The summed E-state index contributed by atoms with van der Waals surface area (Å²) in [6, 6.07) is 11.1. The maximum atomic E-state index is 13.4. The number of H-pyrrole nitrogens is 1. The van der Waals surface area contributed by atoms with Crippen molar-refractivity contribution in [2.75, 3.05) is 11.6 Å². The molecular formula is C21H18ClN7OS. The first-order chi connectivity index (χ1) is 15.1. The lowest BCUT2D eigenvalue weighted by atomic mass is 10.2. The van der Waals surface area contributed by atoms with E-state index in [2.05, 4.69) is 25.3 Å². The number of fused-ring (bicyclic) bond motifs is 2. The second-order valence-corrected chi connectivity index (χ2v) is 8.20. The van der Waals surface area contributed by atoms with Gasteiger partial charge in [-0.2, -0.15) is 0 Å². The Hall–Kier alpha value is -3.30. The minimum Gasteiger partial charge on any atom is -0.361 e. The second kappa shape index (κ2) is 7.75. The van der Waals surface area contributed by atoms with Gasteiger partial charge in [-0.05, 0) is 25.3 Å². The Morgan fingerprint density at radius 1 is 1.19 bits per heavy atom. The lowest BCUT2D eigenvalue weighted by molar-refractivity contribution is 0.739. The first kappa shape index (κ1) is 19.7. The van der Waals surface area contributed by atoms with Crippen molar-refractivity contribution in [3.05, 3.63) is 76.5 Å². The number of aromatic nitrogens is 6. The second-order valence-electron chi connectivity index (χ2n) is 6.97. The molecule has 0 aliphatic heterocycles. The highest BCUT2D eigenvalue weighted by molar-refractivity contribution is 7.98. The smallest absolute Gasteiger partial charge is 0.339 e. The number of aromatic amines is 1. The van der Waals surface area contributed by atoms with Crippen molar-refractivity contribution in [3.8, 4) is 5.69 Å². The fourth-order valence-electron chi connectivity index (χ4n) is 3.68. The van der Waals surface area contributed by atoms with Gasteiger partial charge in [0.25, 0.3) is 0 Å². The minimum absolute atomic E-state index is 0.268. The van der Waals surface area contributed by atoms with Crippen molar-refractivity contribution in [2.24, 2.45) is 0 Å². The van der Waals surface area contributed by atoms with Crippen molar-refractivity contribution in [2.45, 2.75) is 17.9 Å². The molecule has 0 saturated carbocycles. The van der Waals surface area contributed by atoms with Gasteiger partial charge in [0.2, 0.25) is 0 Å². The Labute approximate surface area is 186 Å². The van der Waals surface area contributed by atoms with Crippen molar-refractivity contribution >= 4 is 45.9 Å². The number of halogens is 1. The monoisotopic (exact) mass is 451 g/mol. The summed E-state index contributed by atoms with van der Waals surface area (Å²) >= 11 is 7.85. The zero-order valence-electron chi connectivity index (χ0n) is 16.7. The summed E-state index contributed by atoms with van der Waals surface area (Å²) in [7, 11) is 0. The number of anilines is 1. The Morgan fingerprint density at radius 2 is 2.00 bits per heavy atom. The van der Waals surface area contributed by atoms with Crippen LogP contribution < -0.4 is 11.0 Å². The van der Waals surface area contributed by atoms with Gasteiger partial charge in [-0.25, -0.2) is 24.1 Å². The van der Waals surface area contributed by atoms with Crippen LogP contribution in [0.3, 0.4) is 0 Å². The quantitative estimate of drug-likeness (QED) is 0.387. The maximum absolute atomic E-state index is 13.4. The van der Waals surface area contributed by atoms with Crippen LogP contribution in [0.4, 0.5) is 5.82 Å². The molecule has 0 aliphatic carbocycles. The topological polar surface area (TPSA) is 92.9 Å². The van der Waals surface area contributed by atoms with Crippen LogP contribution in [-0.4, -0.2) is 35.2 Å². The van der Waals surface area contributed by atoms with Gasteiger partial charge in [-0.3, -0.25) is 4.57 Å². The summed E-state index contributed by atoms with van der Waals surface area (Å²) in [6.07, 6.45) is 6.91. The molecule has 0 amide bonds. The van der Waals surface area contributed by atoms with E-state index in [0.717, 1.165) is 27.3 Å². The van der Waals surface area contributed by atoms with E-state index in [4.69, 9.17) is 11.6 Å². The average Bonchev–Trinajstić information content (AvgIpc) is 3.38. The van der Waals surface area contributed by atoms with Crippen LogP contribution in [0.5, 0.6) is 0 Å². The zero-order valence-corrected chi connectivity index (χ0v) is 18.3. The highest BCUT2D eigenvalue weighted by Gasteiger charge is 2.20. The SMILES string of the molecule is CSc1c[nH]c2ncnc(NC(C)c3cc4ncc(Cl)n4c(=O)n3-c3ccccc3)c12. The standard InChI is InChI=1S/C21H18ClN7OS/c1-12(27-20-18-15(31-2)9-24-19(18)25-11-26-20)14-8-17-23-10-16(22)29(17)21(30)28(14)13-6-4-3-5-7-13/h3-12H,1-2H3,(H2,24,25,26,27). The summed E-state index contributed by atoms with van der Waals surface area (Å²) in [4.78, 5) is 30.7. The van der Waals surface area contributed by atoms with E-state index in [9.17, 15) is 4.79 Å². The van der Waals surface area contributed by atoms with Crippen molar-refractivity contribution in [1.82, 2.24) is 28.9 Å². The number of rotatable bonds is 5. The number of nitrogens with zero attached hydrogens (tertiary/aromatic N) is 5. The van der Waals surface area contributed by atoms with Gasteiger partial charge in [0.15, 0.2) is 0 Å². The molecule has 1 unspecified atom stereocenters. The number of benzene rings is 1. The molecule has 0 saturated heterocycles. The molecule has 0 fully saturated rings. The third kappa shape index (κ3) is 3.26. The maximum Gasteiger partial charge on any atom is 0.339 e. The molecule has 8 nitrogen and oxygen atoms in total. The summed E-state index contributed by atoms with van der Waals surface area (Å²) in [5, 5.41) is 4.64. The number of hydrogen-bond donors (Lipinski definition) is 2. The van der Waals surface area contributed by atoms with Crippen LogP contribution in [0.25, 0.3) is 22.4 Å². The molecule has 4 heterocycles. The Bertz CT molecular complexity index is 1460. The van der Waals surface area contributed by atoms with Crippen LogP contribution >= 0.6 is 23.4 Å². The molecule has 10 heteroatoms. The first-order valence-corrected chi connectivity index (χ1v) is 11.2. The number of para-hydroxylation sites is 1. The molecule has 0 aliphatic rings. The van der Waals surface area contributed by atoms with E-state index >= 15 is 0 Å².